The smallest absolute Gasteiger partial charge is 0.390 e. The van der Waals surface area contributed by atoms with Crippen LogP contribution in [0.15, 0.2) is 6.20 Å². The van der Waals surface area contributed by atoms with Crippen molar-refractivity contribution in [3.8, 4) is 0 Å². The highest BCUT2D eigenvalue weighted by Gasteiger charge is 2.27. The van der Waals surface area contributed by atoms with Crippen LogP contribution >= 0.6 is 0 Å². The first-order valence-electron chi connectivity index (χ1n) is 4.24. The van der Waals surface area contributed by atoms with E-state index in [1.165, 1.54) is 6.20 Å². The normalized spacial score (nSPS) is 11.5. The molecule has 0 unspecified atom stereocenters. The first-order valence-corrected chi connectivity index (χ1v) is 4.24. The van der Waals surface area contributed by atoms with Gasteiger partial charge < -0.3 is 10.4 Å². The van der Waals surface area contributed by atoms with Crippen LogP contribution in [0.3, 0.4) is 0 Å². The Balaban J connectivity index is 2.40. The van der Waals surface area contributed by atoms with E-state index in [2.05, 4.69) is 10.3 Å². The van der Waals surface area contributed by atoms with E-state index in [0.29, 0.717) is 0 Å². The average molecular weight is 238 g/mol. The summed E-state index contributed by atoms with van der Waals surface area (Å²) in [7, 11) is 0. The summed E-state index contributed by atoms with van der Waals surface area (Å²) in [6, 6.07) is 0. The van der Waals surface area contributed by atoms with Gasteiger partial charge in [-0.2, -0.15) is 13.2 Å². The number of amides is 1. The number of aromatic nitrogens is 3. The quantitative estimate of drug-likeness (QED) is 0.737. The van der Waals surface area contributed by atoms with Crippen molar-refractivity contribution in [1.29, 1.82) is 0 Å². The molecule has 0 saturated carbocycles. The zero-order valence-corrected chi connectivity index (χ0v) is 8.03. The first-order chi connectivity index (χ1) is 7.40. The Kier molecular flexibility index (Phi) is 3.82. The summed E-state index contributed by atoms with van der Waals surface area (Å²) in [5.41, 5.74) is 0.239. The second kappa shape index (κ2) is 4.92. The van der Waals surface area contributed by atoms with Crippen LogP contribution in [0.2, 0.25) is 0 Å². The van der Waals surface area contributed by atoms with Crippen molar-refractivity contribution in [2.45, 2.75) is 19.3 Å². The molecule has 0 aliphatic carbocycles. The van der Waals surface area contributed by atoms with Crippen LogP contribution in [-0.4, -0.2) is 38.7 Å². The fraction of sp³-hybridized carbons (Fsp3) is 0.571. The number of nitrogens with one attached hydrogen (secondary N) is 1. The lowest BCUT2D eigenvalue weighted by atomic mass is 10.5. The summed E-state index contributed by atoms with van der Waals surface area (Å²) >= 11 is 0. The van der Waals surface area contributed by atoms with Gasteiger partial charge in [-0.05, 0) is 0 Å². The molecule has 1 amide bonds. The number of halogens is 3. The number of carbonyl (C=O) groups excluding carboxylic acids is 1. The molecule has 0 spiro atoms. The third-order valence-corrected chi connectivity index (χ3v) is 1.54. The van der Waals surface area contributed by atoms with Crippen molar-refractivity contribution in [2.75, 3.05) is 6.54 Å². The minimum absolute atomic E-state index is 0.239. The minimum atomic E-state index is -4.44. The van der Waals surface area contributed by atoms with E-state index in [9.17, 15) is 18.0 Å². The van der Waals surface area contributed by atoms with Gasteiger partial charge in [-0.25, -0.2) is 4.68 Å². The number of aliphatic hydroxyl groups excluding tert-OH is 1. The lowest BCUT2D eigenvalue weighted by molar-refractivity contribution is -0.138. The average Bonchev–Trinajstić information content (AvgIpc) is 2.61. The Morgan fingerprint density at radius 2 is 2.25 bits per heavy atom. The van der Waals surface area contributed by atoms with E-state index in [4.69, 9.17) is 5.11 Å². The molecule has 0 fully saturated rings. The Labute approximate surface area is 88.1 Å². The molecule has 2 N–H and O–H groups in total. The predicted octanol–water partition coefficient (Wildman–Crippen LogP) is -0.551. The van der Waals surface area contributed by atoms with Crippen LogP contribution in [0.5, 0.6) is 0 Å². The Morgan fingerprint density at radius 1 is 1.56 bits per heavy atom. The first kappa shape index (κ1) is 12.4. The monoisotopic (exact) mass is 238 g/mol. The molecule has 16 heavy (non-hydrogen) atoms. The van der Waals surface area contributed by atoms with Crippen LogP contribution in [0.25, 0.3) is 0 Å². The highest BCUT2D eigenvalue weighted by atomic mass is 19.4. The molecule has 0 atom stereocenters. The van der Waals surface area contributed by atoms with Gasteiger partial charge in [-0.3, -0.25) is 4.79 Å². The number of carbonyl (C=O) groups is 1. The maximum Gasteiger partial charge on any atom is 0.405 e. The second-order valence-electron chi connectivity index (χ2n) is 2.96. The SMILES string of the molecule is O=C(Cn1cc(CO)nn1)NCC(F)(F)F. The molecule has 9 heteroatoms. The van der Waals surface area contributed by atoms with Gasteiger partial charge in [0.25, 0.3) is 0 Å². The zero-order valence-electron chi connectivity index (χ0n) is 8.03. The zero-order chi connectivity index (χ0) is 12.2. The Hall–Kier alpha value is -1.64. The number of hydrogen-bond donors (Lipinski definition) is 2. The van der Waals surface area contributed by atoms with E-state index < -0.39 is 18.6 Å². The van der Waals surface area contributed by atoms with Gasteiger partial charge in [0.1, 0.15) is 18.8 Å². The third-order valence-electron chi connectivity index (χ3n) is 1.54. The van der Waals surface area contributed by atoms with Crippen molar-refractivity contribution < 1.29 is 23.1 Å². The molecule has 1 rings (SSSR count). The molecule has 0 radical (unpaired) electrons. The minimum Gasteiger partial charge on any atom is -0.390 e. The van der Waals surface area contributed by atoms with Crippen molar-refractivity contribution >= 4 is 5.91 Å². The molecule has 0 aliphatic rings. The molecular weight excluding hydrogens is 229 g/mol. The standard InChI is InChI=1S/C7H9F3N4O2/c8-7(9,10)4-11-6(16)2-14-1-5(3-15)12-13-14/h1,15H,2-4H2,(H,11,16). The van der Waals surface area contributed by atoms with Gasteiger partial charge in [-0.1, -0.05) is 5.21 Å². The van der Waals surface area contributed by atoms with Crippen LogP contribution in [-0.2, 0) is 17.9 Å². The highest BCUT2D eigenvalue weighted by molar-refractivity contribution is 5.75. The van der Waals surface area contributed by atoms with Gasteiger partial charge in [0, 0.05) is 0 Å². The van der Waals surface area contributed by atoms with Gasteiger partial charge >= 0.3 is 6.18 Å². The molecule has 1 aromatic heterocycles. The predicted molar refractivity (Wildman–Crippen MR) is 45.0 cm³/mol. The van der Waals surface area contributed by atoms with E-state index >= 15 is 0 Å². The Bertz CT molecular complexity index is 363. The van der Waals surface area contributed by atoms with Gasteiger partial charge in [0.15, 0.2) is 0 Å². The largest absolute Gasteiger partial charge is 0.405 e. The second-order valence-corrected chi connectivity index (χ2v) is 2.96. The number of hydrogen-bond acceptors (Lipinski definition) is 4. The van der Waals surface area contributed by atoms with Crippen LogP contribution in [0.1, 0.15) is 5.69 Å². The molecule has 1 heterocycles. The van der Waals surface area contributed by atoms with E-state index in [1.54, 1.807) is 5.32 Å². The van der Waals surface area contributed by atoms with Crippen molar-refractivity contribution in [3.05, 3.63) is 11.9 Å². The summed E-state index contributed by atoms with van der Waals surface area (Å²) in [4.78, 5) is 11.0. The molecule has 0 aliphatic heterocycles. The summed E-state index contributed by atoms with van der Waals surface area (Å²) in [5, 5.41) is 17.2. The number of alkyl halides is 3. The fourth-order valence-electron chi connectivity index (χ4n) is 0.890. The lowest BCUT2D eigenvalue weighted by Crippen LogP contribution is -2.35. The summed E-state index contributed by atoms with van der Waals surface area (Å²) < 4.78 is 36.2. The molecular formula is C7H9F3N4O2. The maximum absolute atomic E-state index is 11.7. The molecule has 6 nitrogen and oxygen atoms in total. The van der Waals surface area contributed by atoms with E-state index in [1.807, 2.05) is 0 Å². The summed E-state index contributed by atoms with van der Waals surface area (Å²) in [6.45, 7) is -2.10. The topological polar surface area (TPSA) is 80.0 Å². The highest BCUT2D eigenvalue weighted by Crippen LogP contribution is 2.11. The van der Waals surface area contributed by atoms with Crippen molar-refractivity contribution in [3.63, 3.8) is 0 Å². The lowest BCUT2D eigenvalue weighted by Gasteiger charge is -2.07. The number of rotatable bonds is 4. The van der Waals surface area contributed by atoms with Crippen LogP contribution < -0.4 is 5.32 Å². The maximum atomic E-state index is 11.7. The molecule has 1 aromatic rings. The number of aliphatic hydroxyl groups is 1. The Morgan fingerprint density at radius 3 is 2.75 bits per heavy atom. The van der Waals surface area contributed by atoms with Gasteiger partial charge in [0.05, 0.1) is 12.8 Å². The van der Waals surface area contributed by atoms with E-state index in [-0.39, 0.29) is 18.8 Å². The number of nitrogens with zero attached hydrogens (tertiary/aromatic N) is 3. The van der Waals surface area contributed by atoms with Crippen molar-refractivity contribution in [2.24, 2.45) is 0 Å². The molecule has 90 valence electrons. The molecule has 0 bridgehead atoms. The third kappa shape index (κ3) is 4.26. The molecule has 0 saturated heterocycles. The van der Waals surface area contributed by atoms with Crippen LogP contribution in [0.4, 0.5) is 13.2 Å². The van der Waals surface area contributed by atoms with Gasteiger partial charge in [0.2, 0.25) is 5.91 Å². The fourth-order valence-corrected chi connectivity index (χ4v) is 0.890. The van der Waals surface area contributed by atoms with Gasteiger partial charge in [-0.15, -0.1) is 5.10 Å². The summed E-state index contributed by atoms with van der Waals surface area (Å²) in [6.07, 6.45) is -3.17. The van der Waals surface area contributed by atoms with Crippen LogP contribution in [0, 0.1) is 0 Å². The summed E-state index contributed by atoms with van der Waals surface area (Å²) in [5.74, 6) is -0.827. The molecule has 0 aromatic carbocycles. The van der Waals surface area contributed by atoms with Crippen molar-refractivity contribution in [1.82, 2.24) is 20.3 Å². The van der Waals surface area contributed by atoms with E-state index in [0.717, 1.165) is 4.68 Å².